The molecule has 1 unspecified atom stereocenters. The normalized spacial score (nSPS) is 17.6. The van der Waals surface area contributed by atoms with Gasteiger partial charge >= 0.3 is 0 Å². The van der Waals surface area contributed by atoms with E-state index in [1.54, 1.807) is 36.7 Å². The van der Waals surface area contributed by atoms with Crippen molar-refractivity contribution < 1.29 is 19.4 Å². The minimum absolute atomic E-state index is 0.0661. The topological polar surface area (TPSA) is 79.7 Å². The van der Waals surface area contributed by atoms with Crippen molar-refractivity contribution in [3.8, 4) is 5.75 Å². The van der Waals surface area contributed by atoms with E-state index in [2.05, 4.69) is 4.98 Å². The predicted molar refractivity (Wildman–Crippen MR) is 121 cm³/mol. The number of aliphatic hydroxyl groups excluding tert-OH is 1. The molecule has 1 atom stereocenters. The molecule has 4 rings (SSSR count). The van der Waals surface area contributed by atoms with Crippen LogP contribution in [0.3, 0.4) is 0 Å². The highest BCUT2D eigenvalue weighted by Crippen LogP contribution is 2.41. The van der Waals surface area contributed by atoms with Crippen LogP contribution < -0.4 is 4.74 Å². The Morgan fingerprint density at radius 2 is 1.88 bits per heavy atom. The number of pyridine rings is 1. The second-order valence-corrected chi connectivity index (χ2v) is 7.66. The van der Waals surface area contributed by atoms with Crippen molar-refractivity contribution in [2.75, 3.05) is 6.61 Å². The molecule has 1 saturated heterocycles. The van der Waals surface area contributed by atoms with E-state index in [4.69, 9.17) is 4.74 Å². The third kappa shape index (κ3) is 4.12. The fraction of sp³-hybridized carbons (Fsp3) is 0.192. The average molecular weight is 428 g/mol. The maximum atomic E-state index is 13.1. The molecule has 32 heavy (non-hydrogen) atoms. The van der Waals surface area contributed by atoms with Crippen LogP contribution in [0.15, 0.2) is 78.6 Å². The zero-order valence-corrected chi connectivity index (χ0v) is 18.0. The third-order valence-corrected chi connectivity index (χ3v) is 5.43. The van der Waals surface area contributed by atoms with Crippen molar-refractivity contribution in [2.24, 2.45) is 0 Å². The van der Waals surface area contributed by atoms with Crippen LogP contribution in [0, 0.1) is 6.92 Å². The van der Waals surface area contributed by atoms with E-state index in [9.17, 15) is 14.7 Å². The molecule has 1 amide bonds. The van der Waals surface area contributed by atoms with E-state index < -0.39 is 17.7 Å². The molecule has 1 N–H and O–H groups in total. The molecule has 1 aliphatic rings. The van der Waals surface area contributed by atoms with E-state index in [1.807, 2.05) is 50.2 Å². The monoisotopic (exact) mass is 428 g/mol. The molecule has 6 heteroatoms. The average Bonchev–Trinajstić information content (AvgIpc) is 3.05. The molecule has 6 nitrogen and oxygen atoms in total. The first-order chi connectivity index (χ1) is 15.5. The fourth-order valence-electron chi connectivity index (χ4n) is 3.89. The zero-order valence-electron chi connectivity index (χ0n) is 18.0. The summed E-state index contributed by atoms with van der Waals surface area (Å²) in [5.41, 5.74) is 3.06. The van der Waals surface area contributed by atoms with Crippen molar-refractivity contribution in [3.63, 3.8) is 0 Å². The number of ketones is 1. The van der Waals surface area contributed by atoms with Crippen molar-refractivity contribution in [2.45, 2.75) is 26.4 Å². The van der Waals surface area contributed by atoms with Crippen molar-refractivity contribution in [1.29, 1.82) is 0 Å². The minimum Gasteiger partial charge on any atom is -0.507 e. The summed E-state index contributed by atoms with van der Waals surface area (Å²) in [5, 5.41) is 11.1. The molecule has 1 aromatic heterocycles. The maximum absolute atomic E-state index is 13.1. The molecule has 3 aromatic rings. The first kappa shape index (κ1) is 21.3. The number of hydrogen-bond acceptors (Lipinski definition) is 5. The number of rotatable bonds is 6. The van der Waals surface area contributed by atoms with Gasteiger partial charge in [0.1, 0.15) is 11.5 Å². The molecule has 0 bridgehead atoms. The van der Waals surface area contributed by atoms with Gasteiger partial charge in [0, 0.05) is 24.5 Å². The largest absolute Gasteiger partial charge is 0.507 e. The second-order valence-electron chi connectivity index (χ2n) is 7.66. The summed E-state index contributed by atoms with van der Waals surface area (Å²) in [7, 11) is 0. The smallest absolute Gasteiger partial charge is 0.295 e. The lowest BCUT2D eigenvalue weighted by molar-refractivity contribution is -0.140. The molecule has 0 saturated carbocycles. The summed E-state index contributed by atoms with van der Waals surface area (Å²) in [6.45, 7) is 4.50. The van der Waals surface area contributed by atoms with Crippen LogP contribution in [0.2, 0.25) is 0 Å². The molecular formula is C26H24N2O4. The molecular weight excluding hydrogens is 404 g/mol. The van der Waals surface area contributed by atoms with Crippen LogP contribution in [0.5, 0.6) is 5.75 Å². The number of nitrogens with zero attached hydrogens (tertiary/aromatic N) is 2. The van der Waals surface area contributed by atoms with Crippen LogP contribution in [0.4, 0.5) is 0 Å². The summed E-state index contributed by atoms with van der Waals surface area (Å²) < 4.78 is 5.63. The number of Topliss-reactive ketones (excluding diaryl/α,β-unsaturated/α-hetero) is 1. The maximum Gasteiger partial charge on any atom is 0.295 e. The van der Waals surface area contributed by atoms with Crippen LogP contribution in [0.1, 0.15) is 35.2 Å². The van der Waals surface area contributed by atoms with Crippen LogP contribution in [-0.2, 0) is 16.1 Å². The summed E-state index contributed by atoms with van der Waals surface area (Å²) >= 11 is 0. The highest BCUT2D eigenvalue weighted by Gasteiger charge is 2.46. The second kappa shape index (κ2) is 9.06. The van der Waals surface area contributed by atoms with Crippen molar-refractivity contribution >= 4 is 17.4 Å². The number of carbonyl (C=O) groups is 2. The molecule has 1 aliphatic heterocycles. The Balaban J connectivity index is 1.86. The number of carbonyl (C=O) groups excluding carboxylic acids is 2. The van der Waals surface area contributed by atoms with Gasteiger partial charge in [-0.1, -0.05) is 48.0 Å². The third-order valence-electron chi connectivity index (χ3n) is 5.43. The van der Waals surface area contributed by atoms with E-state index in [1.165, 1.54) is 4.90 Å². The van der Waals surface area contributed by atoms with Gasteiger partial charge in [0.05, 0.1) is 18.2 Å². The van der Waals surface area contributed by atoms with Gasteiger partial charge in [0.15, 0.2) is 0 Å². The minimum atomic E-state index is -0.753. The number of aromatic nitrogens is 1. The predicted octanol–water partition coefficient (Wildman–Crippen LogP) is 4.41. The number of amides is 1. The van der Waals surface area contributed by atoms with Gasteiger partial charge in [0.2, 0.25) is 0 Å². The standard InChI is InChI=1S/C26H24N2O4/c1-3-32-21-8-4-7-20(14-21)23-22(24(29)19-11-9-17(2)10-12-19)25(30)26(31)28(23)16-18-6-5-13-27-15-18/h4-15,23,29H,3,16H2,1-2H3. The molecule has 0 aliphatic carbocycles. The Hall–Kier alpha value is -3.93. The van der Waals surface area contributed by atoms with Gasteiger partial charge in [-0.3, -0.25) is 14.6 Å². The number of likely N-dealkylation sites (tertiary alicyclic amines) is 1. The lowest BCUT2D eigenvalue weighted by atomic mass is 9.94. The number of aryl methyl sites for hydroxylation is 1. The Labute approximate surface area is 186 Å². The van der Waals surface area contributed by atoms with Crippen molar-refractivity contribution in [1.82, 2.24) is 9.88 Å². The van der Waals surface area contributed by atoms with E-state index in [-0.39, 0.29) is 17.9 Å². The van der Waals surface area contributed by atoms with Crippen LogP contribution in [-0.4, -0.2) is 33.3 Å². The summed E-state index contributed by atoms with van der Waals surface area (Å²) in [5.74, 6) is -0.927. The highest BCUT2D eigenvalue weighted by atomic mass is 16.5. The summed E-state index contributed by atoms with van der Waals surface area (Å²) in [6.07, 6.45) is 3.31. The van der Waals surface area contributed by atoms with E-state index >= 15 is 0 Å². The Kier molecular flexibility index (Phi) is 6.03. The summed E-state index contributed by atoms with van der Waals surface area (Å²) in [6, 6.07) is 17.3. The number of ether oxygens (including phenoxy) is 1. The van der Waals surface area contributed by atoms with Crippen molar-refractivity contribution in [3.05, 3.63) is 101 Å². The first-order valence-electron chi connectivity index (χ1n) is 10.5. The number of hydrogen-bond donors (Lipinski definition) is 1. The van der Waals surface area contributed by atoms with E-state index in [0.29, 0.717) is 23.5 Å². The van der Waals surface area contributed by atoms with Gasteiger partial charge in [-0.25, -0.2) is 0 Å². The number of aliphatic hydroxyl groups is 1. The fourth-order valence-corrected chi connectivity index (χ4v) is 3.89. The first-order valence-corrected chi connectivity index (χ1v) is 10.5. The molecule has 2 heterocycles. The molecule has 2 aromatic carbocycles. The quantitative estimate of drug-likeness (QED) is 0.357. The lowest BCUT2D eigenvalue weighted by Gasteiger charge is -2.25. The van der Waals surface area contributed by atoms with Gasteiger partial charge in [-0.05, 0) is 43.2 Å². The molecule has 162 valence electrons. The van der Waals surface area contributed by atoms with Gasteiger partial charge in [-0.15, -0.1) is 0 Å². The molecule has 0 spiro atoms. The van der Waals surface area contributed by atoms with Gasteiger partial charge in [-0.2, -0.15) is 0 Å². The Morgan fingerprint density at radius 3 is 2.56 bits per heavy atom. The highest BCUT2D eigenvalue weighted by molar-refractivity contribution is 6.46. The Morgan fingerprint density at radius 1 is 1.09 bits per heavy atom. The molecule has 0 radical (unpaired) electrons. The van der Waals surface area contributed by atoms with E-state index in [0.717, 1.165) is 11.1 Å². The lowest BCUT2D eigenvalue weighted by Crippen LogP contribution is -2.29. The summed E-state index contributed by atoms with van der Waals surface area (Å²) in [4.78, 5) is 31.8. The number of benzene rings is 2. The van der Waals surface area contributed by atoms with Gasteiger partial charge < -0.3 is 14.7 Å². The van der Waals surface area contributed by atoms with Gasteiger partial charge in [0.25, 0.3) is 11.7 Å². The zero-order chi connectivity index (χ0) is 22.7. The van der Waals surface area contributed by atoms with Crippen LogP contribution in [0.25, 0.3) is 5.76 Å². The molecule has 1 fully saturated rings. The van der Waals surface area contributed by atoms with Crippen LogP contribution >= 0.6 is 0 Å². The Bertz CT molecular complexity index is 1170. The SMILES string of the molecule is CCOc1cccc(C2C(=C(O)c3ccc(C)cc3)C(=O)C(=O)N2Cc2cccnc2)c1.